The van der Waals surface area contributed by atoms with Crippen molar-refractivity contribution in [1.82, 2.24) is 5.32 Å². The molecule has 1 aromatic rings. The molecule has 1 saturated heterocycles. The smallest absolute Gasteiger partial charge is 0.310 e. The first-order chi connectivity index (χ1) is 13.1. The maximum Gasteiger partial charge on any atom is 0.310 e. The summed E-state index contributed by atoms with van der Waals surface area (Å²) in [6.45, 7) is 1.17. The Kier molecular flexibility index (Phi) is 6.76. The number of methoxy groups -OCH3 is 3. The Hall–Kier alpha value is -2.49. The van der Waals surface area contributed by atoms with E-state index in [0.29, 0.717) is 29.2 Å². The molecule has 1 aromatic carbocycles. The van der Waals surface area contributed by atoms with E-state index >= 15 is 0 Å². The lowest BCUT2D eigenvalue weighted by atomic mass is 10.0. The van der Waals surface area contributed by atoms with Gasteiger partial charge < -0.3 is 24.3 Å². The predicted molar refractivity (Wildman–Crippen MR) is 101 cm³/mol. The first-order valence-corrected chi connectivity index (χ1v) is 10.4. The fraction of sp³-hybridized carbons (Fsp3) is 0.556. The third-order valence-corrected chi connectivity index (χ3v) is 6.28. The van der Waals surface area contributed by atoms with Gasteiger partial charge >= 0.3 is 5.97 Å². The summed E-state index contributed by atoms with van der Waals surface area (Å²) >= 11 is 0. The number of benzene rings is 1. The van der Waals surface area contributed by atoms with Crippen LogP contribution in [0.3, 0.4) is 0 Å². The van der Waals surface area contributed by atoms with Gasteiger partial charge in [0, 0.05) is 0 Å². The van der Waals surface area contributed by atoms with Crippen LogP contribution in [0.2, 0.25) is 0 Å². The Labute approximate surface area is 164 Å². The fourth-order valence-electron chi connectivity index (χ4n) is 3.08. The summed E-state index contributed by atoms with van der Waals surface area (Å²) in [5.74, 6) is -0.0428. The zero-order valence-corrected chi connectivity index (χ0v) is 17.2. The molecule has 1 N–H and O–H groups in total. The van der Waals surface area contributed by atoms with E-state index in [-0.39, 0.29) is 17.9 Å². The van der Waals surface area contributed by atoms with Crippen molar-refractivity contribution in [2.75, 3.05) is 39.4 Å². The SMILES string of the molecule is COc1cc(CC(=O)OCC(=O)N[C@]2(C)CCS(=O)(=O)C2)cc(OC)c1OC. The van der Waals surface area contributed by atoms with Gasteiger partial charge in [0.05, 0.1) is 44.8 Å². The molecule has 0 saturated carbocycles. The second-order valence-electron chi connectivity index (χ2n) is 6.82. The van der Waals surface area contributed by atoms with Crippen molar-refractivity contribution in [3.8, 4) is 17.2 Å². The van der Waals surface area contributed by atoms with Crippen LogP contribution in [-0.4, -0.2) is 65.3 Å². The van der Waals surface area contributed by atoms with Crippen LogP contribution < -0.4 is 19.5 Å². The number of ether oxygens (including phenoxy) is 4. The average molecular weight is 415 g/mol. The van der Waals surface area contributed by atoms with Gasteiger partial charge in [0.15, 0.2) is 27.9 Å². The van der Waals surface area contributed by atoms with Crippen LogP contribution in [0.1, 0.15) is 18.9 Å². The number of carbonyl (C=O) groups excluding carboxylic acids is 2. The van der Waals surface area contributed by atoms with Crippen molar-refractivity contribution in [2.24, 2.45) is 0 Å². The molecule has 28 heavy (non-hydrogen) atoms. The molecule has 1 aliphatic heterocycles. The number of hydrogen-bond acceptors (Lipinski definition) is 8. The largest absolute Gasteiger partial charge is 0.493 e. The Morgan fingerprint density at radius 2 is 1.71 bits per heavy atom. The van der Waals surface area contributed by atoms with E-state index in [1.165, 1.54) is 21.3 Å². The highest BCUT2D eigenvalue weighted by molar-refractivity contribution is 7.91. The zero-order valence-electron chi connectivity index (χ0n) is 16.4. The molecule has 1 aliphatic rings. The lowest BCUT2D eigenvalue weighted by Crippen LogP contribution is -2.48. The van der Waals surface area contributed by atoms with E-state index in [0.717, 1.165) is 0 Å². The first kappa shape index (κ1) is 21.8. The minimum Gasteiger partial charge on any atom is -0.493 e. The van der Waals surface area contributed by atoms with E-state index in [2.05, 4.69) is 5.32 Å². The van der Waals surface area contributed by atoms with E-state index in [1.807, 2.05) is 0 Å². The van der Waals surface area contributed by atoms with Crippen LogP contribution >= 0.6 is 0 Å². The monoisotopic (exact) mass is 415 g/mol. The minimum atomic E-state index is -3.15. The van der Waals surface area contributed by atoms with Gasteiger partial charge in [0.2, 0.25) is 5.75 Å². The van der Waals surface area contributed by atoms with Crippen molar-refractivity contribution in [2.45, 2.75) is 25.3 Å². The quantitative estimate of drug-likeness (QED) is 0.610. The highest BCUT2D eigenvalue weighted by atomic mass is 32.2. The second-order valence-corrected chi connectivity index (χ2v) is 9.01. The lowest BCUT2D eigenvalue weighted by Gasteiger charge is -2.23. The number of esters is 1. The van der Waals surface area contributed by atoms with Gasteiger partial charge in [-0.2, -0.15) is 0 Å². The minimum absolute atomic E-state index is 0.0324. The van der Waals surface area contributed by atoms with Crippen molar-refractivity contribution < 1.29 is 37.0 Å². The number of nitrogens with one attached hydrogen (secondary N) is 1. The van der Waals surface area contributed by atoms with Crippen LogP contribution in [0.4, 0.5) is 0 Å². The van der Waals surface area contributed by atoms with Crippen LogP contribution in [-0.2, 0) is 30.6 Å². The molecule has 1 amide bonds. The Bertz CT molecular complexity index is 826. The Balaban J connectivity index is 1.93. The number of sulfone groups is 1. The van der Waals surface area contributed by atoms with Crippen molar-refractivity contribution in [1.29, 1.82) is 0 Å². The second kappa shape index (κ2) is 8.68. The average Bonchev–Trinajstić information content (AvgIpc) is 2.91. The lowest BCUT2D eigenvalue weighted by molar-refractivity contribution is -0.148. The summed E-state index contributed by atoms with van der Waals surface area (Å²) in [4.78, 5) is 24.1. The Morgan fingerprint density at radius 1 is 1.11 bits per heavy atom. The van der Waals surface area contributed by atoms with E-state index < -0.39 is 33.9 Å². The van der Waals surface area contributed by atoms with Gasteiger partial charge in [-0.25, -0.2) is 8.42 Å². The molecule has 0 spiro atoms. The molecule has 0 bridgehead atoms. The normalized spacial score (nSPS) is 20.3. The Morgan fingerprint density at radius 3 is 2.18 bits per heavy atom. The summed E-state index contributed by atoms with van der Waals surface area (Å²) in [6, 6.07) is 3.24. The van der Waals surface area contributed by atoms with Crippen LogP contribution in [0, 0.1) is 0 Å². The summed E-state index contributed by atoms with van der Waals surface area (Å²) < 4.78 is 43.9. The van der Waals surface area contributed by atoms with Crippen molar-refractivity contribution in [3.63, 3.8) is 0 Å². The molecule has 1 atom stereocenters. The molecular formula is C18H25NO8S. The molecule has 2 rings (SSSR count). The van der Waals surface area contributed by atoms with Crippen molar-refractivity contribution in [3.05, 3.63) is 17.7 Å². The highest BCUT2D eigenvalue weighted by Gasteiger charge is 2.39. The molecule has 1 heterocycles. The van der Waals surface area contributed by atoms with Gasteiger partial charge in [-0.15, -0.1) is 0 Å². The van der Waals surface area contributed by atoms with Crippen molar-refractivity contribution >= 4 is 21.7 Å². The summed E-state index contributed by atoms with van der Waals surface area (Å²) in [6.07, 6.45) is 0.232. The van der Waals surface area contributed by atoms with E-state index in [9.17, 15) is 18.0 Å². The number of rotatable bonds is 8. The molecule has 0 unspecified atom stereocenters. The standard InChI is InChI=1S/C18H25NO8S/c1-18(5-6-28(22,23)11-18)19-15(20)10-27-16(21)9-12-7-13(24-2)17(26-4)14(8-12)25-3/h7-8H,5-6,9-11H2,1-4H3,(H,19,20)/t18-/m1/s1. The third-order valence-electron chi connectivity index (χ3n) is 4.38. The first-order valence-electron chi connectivity index (χ1n) is 8.57. The molecule has 156 valence electrons. The van der Waals surface area contributed by atoms with Crippen LogP contribution in [0.25, 0.3) is 0 Å². The maximum atomic E-state index is 12.1. The van der Waals surface area contributed by atoms with Gasteiger partial charge in [-0.1, -0.05) is 0 Å². The van der Waals surface area contributed by atoms with E-state index in [4.69, 9.17) is 18.9 Å². The molecule has 0 aromatic heterocycles. The highest BCUT2D eigenvalue weighted by Crippen LogP contribution is 2.38. The van der Waals surface area contributed by atoms with Crippen LogP contribution in [0.5, 0.6) is 17.2 Å². The predicted octanol–water partition coefficient (Wildman–Crippen LogP) is 0.492. The fourth-order valence-corrected chi connectivity index (χ4v) is 5.18. The third kappa shape index (κ3) is 5.51. The number of hydrogen-bond donors (Lipinski definition) is 1. The van der Waals surface area contributed by atoms with Gasteiger partial charge in [-0.3, -0.25) is 9.59 Å². The van der Waals surface area contributed by atoms with Crippen LogP contribution in [0.15, 0.2) is 12.1 Å². The zero-order chi connectivity index (χ0) is 20.9. The summed E-state index contributed by atoms with van der Waals surface area (Å²) in [5.41, 5.74) is -0.271. The molecule has 1 fully saturated rings. The molecule has 0 aliphatic carbocycles. The summed E-state index contributed by atoms with van der Waals surface area (Å²) in [7, 11) is 1.26. The molecule has 9 nitrogen and oxygen atoms in total. The van der Waals surface area contributed by atoms with Gasteiger partial charge in [0.1, 0.15) is 0 Å². The number of carbonyl (C=O) groups is 2. The molecular weight excluding hydrogens is 390 g/mol. The van der Waals surface area contributed by atoms with E-state index in [1.54, 1.807) is 19.1 Å². The molecule has 10 heteroatoms. The summed E-state index contributed by atoms with van der Waals surface area (Å²) in [5, 5.41) is 2.63. The topological polar surface area (TPSA) is 117 Å². The molecule has 0 radical (unpaired) electrons. The van der Waals surface area contributed by atoms with Gasteiger partial charge in [-0.05, 0) is 31.0 Å². The van der Waals surface area contributed by atoms with Gasteiger partial charge in [0.25, 0.3) is 5.91 Å². The maximum absolute atomic E-state index is 12.1. The number of amides is 1.